The maximum atomic E-state index is 12.7. The molecule has 0 unspecified atom stereocenters. The molecule has 3 aromatic rings. The molecule has 0 atom stereocenters. The summed E-state index contributed by atoms with van der Waals surface area (Å²) in [5.74, 6) is 1.37. The second kappa shape index (κ2) is 8.76. The van der Waals surface area contributed by atoms with Crippen molar-refractivity contribution >= 4 is 22.0 Å². The zero-order valence-corrected chi connectivity index (χ0v) is 18.2. The molecule has 0 spiro atoms. The van der Waals surface area contributed by atoms with E-state index in [1.807, 2.05) is 19.1 Å². The predicted molar refractivity (Wildman–Crippen MR) is 118 cm³/mol. The topological polar surface area (TPSA) is 88.1 Å². The number of hydrogen-bond donors (Lipinski definition) is 0. The number of rotatable bonds is 7. The van der Waals surface area contributed by atoms with Gasteiger partial charge in [-0.1, -0.05) is 12.1 Å². The quantitative estimate of drug-likeness (QED) is 0.386. The molecule has 7 nitrogen and oxygen atoms in total. The van der Waals surface area contributed by atoms with Crippen molar-refractivity contribution in [1.82, 2.24) is 0 Å². The average Bonchev–Trinajstić information content (AvgIpc) is 3.09. The van der Waals surface area contributed by atoms with Crippen LogP contribution in [0, 0.1) is 0 Å². The summed E-state index contributed by atoms with van der Waals surface area (Å²) in [5.41, 5.74) is 1.10. The van der Waals surface area contributed by atoms with Crippen molar-refractivity contribution in [3.63, 3.8) is 0 Å². The molecule has 0 radical (unpaired) electrons. The Morgan fingerprint density at radius 2 is 1.56 bits per heavy atom. The molecule has 0 saturated heterocycles. The van der Waals surface area contributed by atoms with Gasteiger partial charge in [0.1, 0.15) is 27.9 Å². The maximum Gasteiger partial charge on any atom is 0.339 e. The van der Waals surface area contributed by atoms with E-state index in [1.165, 1.54) is 49.6 Å². The summed E-state index contributed by atoms with van der Waals surface area (Å²) in [6.45, 7) is 2.47. The van der Waals surface area contributed by atoms with Crippen LogP contribution < -0.4 is 18.4 Å². The highest BCUT2D eigenvalue weighted by Gasteiger charge is 2.28. The molecule has 0 N–H and O–H groups in total. The van der Waals surface area contributed by atoms with E-state index in [1.54, 1.807) is 18.2 Å². The molecule has 1 aliphatic heterocycles. The van der Waals surface area contributed by atoms with Crippen molar-refractivity contribution in [2.24, 2.45) is 0 Å². The molecule has 1 heterocycles. The van der Waals surface area contributed by atoms with Gasteiger partial charge in [-0.15, -0.1) is 0 Å². The van der Waals surface area contributed by atoms with E-state index in [2.05, 4.69) is 0 Å². The molecule has 0 amide bonds. The first kappa shape index (κ1) is 21.5. The van der Waals surface area contributed by atoms with Gasteiger partial charge in [0, 0.05) is 6.07 Å². The number of Topliss-reactive ketones (excluding diaryl/α,β-unsaturated/α-hetero) is 1. The minimum atomic E-state index is -4.06. The summed E-state index contributed by atoms with van der Waals surface area (Å²) < 4.78 is 46.5. The lowest BCUT2D eigenvalue weighted by atomic mass is 10.1. The molecular weight excluding hydrogens is 432 g/mol. The third kappa shape index (κ3) is 4.45. The van der Waals surface area contributed by atoms with Gasteiger partial charge in [0.05, 0.1) is 19.3 Å². The molecule has 8 heteroatoms. The molecule has 0 aliphatic carbocycles. The number of fused-ring (bicyclic) bond motifs is 1. The summed E-state index contributed by atoms with van der Waals surface area (Å²) in [7, 11) is -2.57. The van der Waals surface area contributed by atoms with Gasteiger partial charge < -0.3 is 18.4 Å². The zero-order chi connectivity index (χ0) is 22.7. The van der Waals surface area contributed by atoms with Gasteiger partial charge in [0.15, 0.2) is 5.76 Å². The fraction of sp³-hybridized carbons (Fsp3) is 0.125. The van der Waals surface area contributed by atoms with Crippen molar-refractivity contribution in [3.8, 4) is 23.0 Å². The average molecular weight is 452 g/mol. The van der Waals surface area contributed by atoms with E-state index in [0.29, 0.717) is 17.9 Å². The Balaban J connectivity index is 1.53. The third-order valence-corrected chi connectivity index (χ3v) is 5.95. The number of carbonyl (C=O) groups is 1. The highest BCUT2D eigenvalue weighted by molar-refractivity contribution is 7.87. The van der Waals surface area contributed by atoms with Gasteiger partial charge in [-0.05, 0) is 67.1 Å². The largest absolute Gasteiger partial charge is 0.497 e. The van der Waals surface area contributed by atoms with Crippen LogP contribution in [0.3, 0.4) is 0 Å². The zero-order valence-electron chi connectivity index (χ0n) is 17.4. The number of carbonyl (C=O) groups excluding carboxylic acids is 1. The number of methoxy groups -OCH3 is 1. The molecular formula is C24H20O7S. The van der Waals surface area contributed by atoms with E-state index in [-0.39, 0.29) is 27.9 Å². The monoisotopic (exact) mass is 452 g/mol. The lowest BCUT2D eigenvalue weighted by molar-refractivity contribution is 0.101. The minimum Gasteiger partial charge on any atom is -0.497 e. The van der Waals surface area contributed by atoms with E-state index in [4.69, 9.17) is 18.4 Å². The molecule has 1 aliphatic rings. The Morgan fingerprint density at radius 3 is 2.22 bits per heavy atom. The van der Waals surface area contributed by atoms with Crippen LogP contribution in [0.4, 0.5) is 0 Å². The Labute approximate surface area is 185 Å². The lowest BCUT2D eigenvalue weighted by Gasteiger charge is -2.08. The summed E-state index contributed by atoms with van der Waals surface area (Å²) in [4.78, 5) is 12.6. The van der Waals surface area contributed by atoms with Gasteiger partial charge in [-0.3, -0.25) is 4.79 Å². The summed E-state index contributed by atoms with van der Waals surface area (Å²) in [6.07, 6.45) is 1.62. The van der Waals surface area contributed by atoms with Gasteiger partial charge in [0.25, 0.3) is 0 Å². The standard InChI is InChI=1S/C24H20O7S/c1-3-29-18-6-4-16(5-7-18)14-23-24(25)21-13-10-19(15-22(21)30-23)31-32(26,27)20-11-8-17(28-2)9-12-20/h4-15H,3H2,1-2H3/b23-14-. The number of hydrogen-bond acceptors (Lipinski definition) is 7. The predicted octanol–water partition coefficient (Wildman–Crippen LogP) is 4.48. The molecule has 0 bridgehead atoms. The first-order valence-electron chi connectivity index (χ1n) is 9.79. The Kier molecular flexibility index (Phi) is 5.87. The van der Waals surface area contributed by atoms with E-state index >= 15 is 0 Å². The molecule has 32 heavy (non-hydrogen) atoms. The first-order valence-corrected chi connectivity index (χ1v) is 11.2. The van der Waals surface area contributed by atoms with Crippen LogP contribution in [0.15, 0.2) is 77.4 Å². The van der Waals surface area contributed by atoms with Crippen LogP contribution in [-0.2, 0) is 10.1 Å². The second-order valence-electron chi connectivity index (χ2n) is 6.81. The number of ketones is 1. The van der Waals surface area contributed by atoms with Gasteiger partial charge >= 0.3 is 10.1 Å². The van der Waals surface area contributed by atoms with Crippen LogP contribution in [0.2, 0.25) is 0 Å². The summed E-state index contributed by atoms with van der Waals surface area (Å²) in [6, 6.07) is 17.3. The van der Waals surface area contributed by atoms with Crippen molar-refractivity contribution in [1.29, 1.82) is 0 Å². The fourth-order valence-electron chi connectivity index (χ4n) is 3.11. The van der Waals surface area contributed by atoms with Crippen molar-refractivity contribution in [2.45, 2.75) is 11.8 Å². The van der Waals surface area contributed by atoms with Crippen molar-refractivity contribution in [2.75, 3.05) is 13.7 Å². The first-order chi connectivity index (χ1) is 15.4. The van der Waals surface area contributed by atoms with E-state index < -0.39 is 10.1 Å². The summed E-state index contributed by atoms with van der Waals surface area (Å²) >= 11 is 0. The molecule has 0 fully saturated rings. The van der Waals surface area contributed by atoms with Crippen LogP contribution >= 0.6 is 0 Å². The molecule has 3 aromatic carbocycles. The van der Waals surface area contributed by atoms with E-state index in [9.17, 15) is 13.2 Å². The number of allylic oxidation sites excluding steroid dienone is 1. The Bertz CT molecular complexity index is 1270. The SMILES string of the molecule is CCOc1ccc(/C=C2\Oc3cc(OS(=O)(=O)c4ccc(OC)cc4)ccc3C2=O)cc1. The van der Waals surface area contributed by atoms with Gasteiger partial charge in [-0.2, -0.15) is 8.42 Å². The highest BCUT2D eigenvalue weighted by atomic mass is 32.2. The van der Waals surface area contributed by atoms with Crippen molar-refractivity contribution < 1.29 is 31.6 Å². The maximum absolute atomic E-state index is 12.7. The second-order valence-corrected chi connectivity index (χ2v) is 8.36. The van der Waals surface area contributed by atoms with Crippen LogP contribution in [0.25, 0.3) is 6.08 Å². The summed E-state index contributed by atoms with van der Waals surface area (Å²) in [5, 5.41) is 0. The van der Waals surface area contributed by atoms with Gasteiger partial charge in [0.2, 0.25) is 5.78 Å². The lowest BCUT2D eigenvalue weighted by Crippen LogP contribution is -2.09. The van der Waals surface area contributed by atoms with E-state index in [0.717, 1.165) is 11.3 Å². The van der Waals surface area contributed by atoms with Crippen molar-refractivity contribution in [3.05, 3.63) is 83.6 Å². The highest BCUT2D eigenvalue weighted by Crippen LogP contribution is 2.36. The Morgan fingerprint density at radius 1 is 0.906 bits per heavy atom. The normalized spacial score (nSPS) is 14.1. The third-order valence-electron chi connectivity index (χ3n) is 4.68. The smallest absolute Gasteiger partial charge is 0.339 e. The molecule has 0 saturated carbocycles. The fourth-order valence-corrected chi connectivity index (χ4v) is 4.04. The minimum absolute atomic E-state index is 0.0214. The number of ether oxygens (including phenoxy) is 3. The molecule has 164 valence electrons. The molecule has 4 rings (SSSR count). The van der Waals surface area contributed by atoms with Gasteiger partial charge in [-0.25, -0.2) is 0 Å². The van der Waals surface area contributed by atoms with Crippen LogP contribution in [0.5, 0.6) is 23.0 Å². The van der Waals surface area contributed by atoms with Crippen LogP contribution in [-0.4, -0.2) is 27.9 Å². The molecule has 0 aromatic heterocycles. The number of benzene rings is 3. The Hall–Kier alpha value is -3.78. The van der Waals surface area contributed by atoms with Crippen LogP contribution in [0.1, 0.15) is 22.8 Å².